The zero-order valence-corrected chi connectivity index (χ0v) is 13.7. The van der Waals surface area contributed by atoms with Crippen molar-refractivity contribution in [3.8, 4) is 5.75 Å². The summed E-state index contributed by atoms with van der Waals surface area (Å²) in [6, 6.07) is 10.9. The zero-order valence-electron chi connectivity index (χ0n) is 13.7. The van der Waals surface area contributed by atoms with Gasteiger partial charge in [-0.15, -0.1) is 0 Å². The van der Waals surface area contributed by atoms with Gasteiger partial charge in [0.1, 0.15) is 11.4 Å². The lowest BCUT2D eigenvalue weighted by Crippen LogP contribution is -2.26. The highest BCUT2D eigenvalue weighted by atomic mass is 16.5. The fourth-order valence-electron chi connectivity index (χ4n) is 3.11. The fraction of sp³-hybridized carbons (Fsp3) is 0.389. The average molecular weight is 328 g/mol. The largest absolute Gasteiger partial charge is 0.490 e. The van der Waals surface area contributed by atoms with Crippen LogP contribution in [0, 0.1) is 12.8 Å². The third-order valence-corrected chi connectivity index (χ3v) is 4.64. The number of hydrogen-bond acceptors (Lipinski definition) is 4. The molecule has 2 atom stereocenters. The molecule has 1 fully saturated rings. The molecule has 1 aliphatic rings. The number of hydrogen-bond donors (Lipinski definition) is 1. The molecule has 1 aromatic carbocycles. The van der Waals surface area contributed by atoms with Gasteiger partial charge in [-0.1, -0.05) is 30.3 Å². The van der Waals surface area contributed by atoms with Crippen LogP contribution in [-0.2, 0) is 16.8 Å². The second kappa shape index (κ2) is 6.11. The third-order valence-electron chi connectivity index (χ3n) is 4.64. The minimum absolute atomic E-state index is 0.214. The van der Waals surface area contributed by atoms with Crippen molar-refractivity contribution in [1.82, 2.24) is 9.78 Å². The van der Waals surface area contributed by atoms with Crippen LogP contribution in [0.5, 0.6) is 5.75 Å². The lowest BCUT2D eigenvalue weighted by atomic mass is 9.94. The molecule has 0 radical (unpaired) electrons. The molecule has 3 rings (SSSR count). The van der Waals surface area contributed by atoms with E-state index in [2.05, 4.69) is 5.10 Å². The fourth-order valence-corrected chi connectivity index (χ4v) is 3.11. The van der Waals surface area contributed by atoms with Gasteiger partial charge < -0.3 is 9.84 Å². The van der Waals surface area contributed by atoms with Gasteiger partial charge in [0.25, 0.3) is 5.56 Å². The lowest BCUT2D eigenvalue weighted by Gasteiger charge is -2.19. The second-order valence-electron chi connectivity index (χ2n) is 6.15. The van der Waals surface area contributed by atoms with Crippen LogP contribution in [-0.4, -0.2) is 27.5 Å². The summed E-state index contributed by atoms with van der Waals surface area (Å²) < 4.78 is 7.21. The second-order valence-corrected chi connectivity index (χ2v) is 6.15. The first-order chi connectivity index (χ1) is 11.5. The molecule has 0 unspecified atom stereocenters. The summed E-state index contributed by atoms with van der Waals surface area (Å²) in [6.45, 7) is 4.33. The first-order valence-corrected chi connectivity index (χ1v) is 7.98. The number of rotatable bonds is 6. The van der Waals surface area contributed by atoms with E-state index >= 15 is 0 Å². The molecule has 2 aromatic rings. The molecule has 0 aliphatic heterocycles. The van der Waals surface area contributed by atoms with Crippen molar-refractivity contribution in [2.75, 3.05) is 6.61 Å². The number of carboxylic acids is 1. The van der Waals surface area contributed by atoms with E-state index in [4.69, 9.17) is 4.74 Å². The molecule has 1 heterocycles. The molecule has 1 aliphatic carbocycles. The number of carbonyl (C=O) groups is 1. The van der Waals surface area contributed by atoms with Gasteiger partial charge in [0.05, 0.1) is 12.5 Å². The van der Waals surface area contributed by atoms with Gasteiger partial charge >= 0.3 is 5.97 Å². The molecule has 24 heavy (non-hydrogen) atoms. The highest BCUT2D eigenvalue weighted by Gasteiger charge is 2.60. The smallest absolute Gasteiger partial charge is 0.307 e. The van der Waals surface area contributed by atoms with Crippen molar-refractivity contribution in [2.45, 2.75) is 32.2 Å². The summed E-state index contributed by atoms with van der Waals surface area (Å²) in [5.74, 6) is -0.876. The van der Waals surface area contributed by atoms with Crippen LogP contribution in [0.25, 0.3) is 0 Å². The van der Waals surface area contributed by atoms with E-state index in [-0.39, 0.29) is 12.2 Å². The topological polar surface area (TPSA) is 81.4 Å². The Morgan fingerprint density at radius 3 is 2.71 bits per heavy atom. The average Bonchev–Trinajstić information content (AvgIpc) is 3.32. The van der Waals surface area contributed by atoms with Crippen molar-refractivity contribution in [3.63, 3.8) is 0 Å². The van der Waals surface area contributed by atoms with Gasteiger partial charge in [0.15, 0.2) is 0 Å². The van der Waals surface area contributed by atoms with E-state index in [1.54, 1.807) is 6.92 Å². The standard InChI is InChI=1S/C18H20N2O4/c1-3-20-16(21)9-15(12(2)19-20)24-11-18(10-14(18)17(22)23)13-7-5-4-6-8-13/h4-9,14H,3,10-11H2,1-2H3,(H,22,23)/t14-,18+/m0/s1. The van der Waals surface area contributed by atoms with E-state index in [1.165, 1.54) is 10.7 Å². The summed E-state index contributed by atoms with van der Waals surface area (Å²) in [6.07, 6.45) is 0.533. The molecular formula is C18H20N2O4. The van der Waals surface area contributed by atoms with Gasteiger partial charge in [0, 0.05) is 18.0 Å². The van der Waals surface area contributed by atoms with Gasteiger partial charge in [0.2, 0.25) is 0 Å². The minimum Gasteiger partial charge on any atom is -0.490 e. The molecule has 0 saturated heterocycles. The van der Waals surface area contributed by atoms with E-state index in [9.17, 15) is 14.7 Å². The molecule has 6 nitrogen and oxygen atoms in total. The monoisotopic (exact) mass is 328 g/mol. The summed E-state index contributed by atoms with van der Waals surface area (Å²) in [5.41, 5.74) is 0.800. The maximum atomic E-state index is 11.9. The molecule has 0 spiro atoms. The van der Waals surface area contributed by atoms with Crippen LogP contribution in [0.2, 0.25) is 0 Å². The Morgan fingerprint density at radius 1 is 1.42 bits per heavy atom. The van der Waals surface area contributed by atoms with E-state index in [1.807, 2.05) is 37.3 Å². The van der Waals surface area contributed by atoms with E-state index in [0.29, 0.717) is 24.4 Å². The number of benzene rings is 1. The first-order valence-electron chi connectivity index (χ1n) is 7.98. The molecular weight excluding hydrogens is 308 g/mol. The highest BCUT2D eigenvalue weighted by molar-refractivity contribution is 5.77. The molecule has 126 valence electrons. The van der Waals surface area contributed by atoms with Crippen LogP contribution in [0.15, 0.2) is 41.2 Å². The zero-order chi connectivity index (χ0) is 17.3. The van der Waals surface area contributed by atoms with Crippen LogP contribution in [0.3, 0.4) is 0 Å². The molecule has 1 aromatic heterocycles. The Morgan fingerprint density at radius 2 is 2.12 bits per heavy atom. The minimum atomic E-state index is -0.821. The summed E-state index contributed by atoms with van der Waals surface area (Å²) in [7, 11) is 0. The molecule has 6 heteroatoms. The van der Waals surface area contributed by atoms with Crippen LogP contribution in [0.1, 0.15) is 24.6 Å². The molecule has 0 bridgehead atoms. The van der Waals surface area contributed by atoms with Crippen LogP contribution >= 0.6 is 0 Å². The van der Waals surface area contributed by atoms with E-state index in [0.717, 1.165) is 5.56 Å². The van der Waals surface area contributed by atoms with Crippen molar-refractivity contribution < 1.29 is 14.6 Å². The van der Waals surface area contributed by atoms with Crippen molar-refractivity contribution in [1.29, 1.82) is 0 Å². The summed E-state index contributed by atoms with van der Waals surface area (Å²) >= 11 is 0. The quantitative estimate of drug-likeness (QED) is 0.877. The van der Waals surface area contributed by atoms with Crippen molar-refractivity contribution in [3.05, 3.63) is 58.0 Å². The summed E-state index contributed by atoms with van der Waals surface area (Å²) in [4.78, 5) is 23.4. The van der Waals surface area contributed by atoms with E-state index < -0.39 is 17.3 Å². The van der Waals surface area contributed by atoms with Gasteiger partial charge in [-0.05, 0) is 25.8 Å². The predicted octanol–water partition coefficient (Wildman–Crippen LogP) is 1.99. The molecule has 1 saturated carbocycles. The Kier molecular flexibility index (Phi) is 4.13. The molecule has 0 amide bonds. The van der Waals surface area contributed by atoms with Crippen LogP contribution in [0.4, 0.5) is 0 Å². The SMILES string of the molecule is CCn1nc(C)c(OC[C@@]2(c3ccccc3)C[C@H]2C(=O)O)cc1=O. The van der Waals surface area contributed by atoms with Gasteiger partial charge in [-0.25, -0.2) is 4.68 Å². The maximum Gasteiger partial charge on any atom is 0.307 e. The first kappa shape index (κ1) is 16.2. The number of ether oxygens (including phenoxy) is 1. The Labute approximate surface area is 139 Å². The Bertz CT molecular complexity index is 816. The number of aromatic nitrogens is 2. The van der Waals surface area contributed by atoms with Crippen LogP contribution < -0.4 is 10.3 Å². The predicted molar refractivity (Wildman–Crippen MR) is 88.3 cm³/mol. The maximum absolute atomic E-state index is 11.9. The number of nitrogens with zero attached hydrogens (tertiary/aromatic N) is 2. The normalized spacial score (nSPS) is 22.2. The summed E-state index contributed by atoms with van der Waals surface area (Å²) in [5, 5.41) is 13.6. The number of carboxylic acid groups (broad SMARTS) is 1. The van der Waals surface area contributed by atoms with Crippen molar-refractivity contribution in [2.24, 2.45) is 5.92 Å². The third kappa shape index (κ3) is 2.79. The van der Waals surface area contributed by atoms with Crippen molar-refractivity contribution >= 4 is 5.97 Å². The lowest BCUT2D eigenvalue weighted by molar-refractivity contribution is -0.139. The molecule has 1 N–H and O–H groups in total. The highest BCUT2D eigenvalue weighted by Crippen LogP contribution is 2.54. The number of aliphatic carboxylic acids is 1. The Balaban J connectivity index is 1.85. The Hall–Kier alpha value is -2.63. The van der Waals surface area contributed by atoms with Gasteiger partial charge in [-0.3, -0.25) is 9.59 Å². The number of aryl methyl sites for hydroxylation is 2. The van der Waals surface area contributed by atoms with Gasteiger partial charge in [-0.2, -0.15) is 5.10 Å².